The molecule has 1 aliphatic rings. The molecule has 28 heavy (non-hydrogen) atoms. The molecule has 2 aromatic carbocycles. The molecule has 0 aliphatic carbocycles. The van der Waals surface area contributed by atoms with E-state index in [0.717, 1.165) is 11.1 Å². The van der Waals surface area contributed by atoms with Crippen molar-refractivity contribution in [2.24, 2.45) is 0 Å². The van der Waals surface area contributed by atoms with Gasteiger partial charge >= 0.3 is 11.9 Å². The van der Waals surface area contributed by atoms with Crippen molar-refractivity contribution in [2.45, 2.75) is 20.1 Å². The summed E-state index contributed by atoms with van der Waals surface area (Å²) in [5.74, 6) is -0.721. The van der Waals surface area contributed by atoms with Gasteiger partial charge in [0.2, 0.25) is 5.76 Å². The topological polar surface area (TPSA) is 71.1 Å². The predicted octanol–water partition coefficient (Wildman–Crippen LogP) is 3.64. The first-order valence-electron chi connectivity index (χ1n) is 8.77. The van der Waals surface area contributed by atoms with Gasteiger partial charge in [0.1, 0.15) is 19.8 Å². The van der Waals surface area contributed by atoms with E-state index in [-0.39, 0.29) is 37.1 Å². The molecule has 0 amide bonds. The second kappa shape index (κ2) is 9.41. The summed E-state index contributed by atoms with van der Waals surface area (Å²) in [5.41, 5.74) is 1.83. The van der Waals surface area contributed by atoms with Gasteiger partial charge in [0.25, 0.3) is 5.76 Å². The van der Waals surface area contributed by atoms with Crippen LogP contribution in [-0.2, 0) is 41.8 Å². The van der Waals surface area contributed by atoms with Crippen LogP contribution in [0.25, 0.3) is 0 Å². The Morgan fingerprint density at radius 2 is 1.43 bits per heavy atom. The van der Waals surface area contributed by atoms with Gasteiger partial charge in [-0.3, -0.25) is 4.79 Å². The molecule has 1 heterocycles. The van der Waals surface area contributed by atoms with Crippen molar-refractivity contribution in [2.75, 3.05) is 6.61 Å². The molecule has 6 nitrogen and oxygen atoms in total. The van der Waals surface area contributed by atoms with Crippen LogP contribution in [0.3, 0.4) is 0 Å². The fourth-order valence-electron chi connectivity index (χ4n) is 2.49. The molecule has 6 heteroatoms. The summed E-state index contributed by atoms with van der Waals surface area (Å²) in [6.07, 6.45) is 1.47. The molecule has 2 aromatic rings. The van der Waals surface area contributed by atoms with Crippen molar-refractivity contribution in [3.05, 3.63) is 95.1 Å². The first-order chi connectivity index (χ1) is 13.6. The highest BCUT2D eigenvalue weighted by molar-refractivity contribution is 5.91. The van der Waals surface area contributed by atoms with E-state index in [1.807, 2.05) is 60.7 Å². The molecule has 144 valence electrons. The van der Waals surface area contributed by atoms with Gasteiger partial charge < -0.3 is 18.9 Å². The Kier molecular flexibility index (Phi) is 6.46. The molecule has 0 bridgehead atoms. The predicted molar refractivity (Wildman–Crippen MR) is 100 cm³/mol. The highest BCUT2D eigenvalue weighted by atomic mass is 16.6. The lowest BCUT2D eigenvalue weighted by Gasteiger charge is -2.10. The molecular formula is C22H20O6. The number of esters is 2. The Labute approximate surface area is 163 Å². The maximum absolute atomic E-state index is 12.3. The van der Waals surface area contributed by atoms with Crippen LogP contribution < -0.4 is 0 Å². The van der Waals surface area contributed by atoms with Gasteiger partial charge in [0.05, 0.1) is 0 Å². The molecule has 0 N–H and O–H groups in total. The average Bonchev–Trinajstić information content (AvgIpc) is 3.00. The Morgan fingerprint density at radius 1 is 0.893 bits per heavy atom. The molecule has 0 unspecified atom stereocenters. The number of carbonyl (C=O) groups is 2. The van der Waals surface area contributed by atoms with Crippen molar-refractivity contribution in [3.8, 4) is 0 Å². The molecule has 0 aromatic heterocycles. The van der Waals surface area contributed by atoms with E-state index in [0.29, 0.717) is 0 Å². The zero-order chi connectivity index (χ0) is 19.8. The number of hydrogen-bond donors (Lipinski definition) is 0. The van der Waals surface area contributed by atoms with Crippen LogP contribution >= 0.6 is 0 Å². The van der Waals surface area contributed by atoms with Gasteiger partial charge in [-0.2, -0.15) is 0 Å². The van der Waals surface area contributed by atoms with Crippen LogP contribution in [0.2, 0.25) is 0 Å². The number of cyclic esters (lactones) is 1. The van der Waals surface area contributed by atoms with E-state index in [4.69, 9.17) is 18.9 Å². The molecule has 0 radical (unpaired) electrons. The molecule has 3 rings (SSSR count). The van der Waals surface area contributed by atoms with Crippen LogP contribution in [0, 0.1) is 0 Å². The Bertz CT molecular complexity index is 884. The molecule has 0 saturated carbocycles. The standard InChI is InChI=1S/C22H20O6/c1-16(23)25-13-12-19-20(26-14-17-8-4-2-5-9-17)21(22(24)28-19)27-15-18-10-6-3-7-11-18/h2-12H,13-15H2,1H3/b19-12-. The van der Waals surface area contributed by atoms with Gasteiger partial charge in [0.15, 0.2) is 5.76 Å². The maximum atomic E-state index is 12.3. The Morgan fingerprint density at radius 3 is 1.96 bits per heavy atom. The normalized spacial score (nSPS) is 14.8. The third-order valence-electron chi connectivity index (χ3n) is 3.83. The zero-order valence-electron chi connectivity index (χ0n) is 15.4. The summed E-state index contributed by atoms with van der Waals surface area (Å²) in [6, 6.07) is 19.0. The lowest BCUT2D eigenvalue weighted by molar-refractivity contribution is -0.139. The highest BCUT2D eigenvalue weighted by Gasteiger charge is 2.34. The molecule has 0 fully saturated rings. The smallest absolute Gasteiger partial charge is 0.383 e. The van der Waals surface area contributed by atoms with Crippen LogP contribution in [0.1, 0.15) is 18.1 Å². The van der Waals surface area contributed by atoms with Crippen LogP contribution in [0.5, 0.6) is 0 Å². The summed E-state index contributed by atoms with van der Waals surface area (Å²) in [7, 11) is 0. The number of hydrogen-bond acceptors (Lipinski definition) is 6. The van der Waals surface area contributed by atoms with E-state index in [1.54, 1.807) is 0 Å². The third kappa shape index (κ3) is 5.23. The van der Waals surface area contributed by atoms with E-state index in [1.165, 1.54) is 13.0 Å². The number of benzene rings is 2. The maximum Gasteiger partial charge on any atom is 0.383 e. The second-order valence-electron chi connectivity index (χ2n) is 5.97. The SMILES string of the molecule is CC(=O)OC/C=C1\OC(=O)C(OCc2ccccc2)=C1OCc1ccccc1. The fraction of sp³-hybridized carbons (Fsp3) is 0.182. The molecule has 0 atom stereocenters. The van der Waals surface area contributed by atoms with Crippen molar-refractivity contribution in [3.63, 3.8) is 0 Å². The molecule has 0 spiro atoms. The van der Waals surface area contributed by atoms with Gasteiger partial charge in [-0.05, 0) is 17.2 Å². The third-order valence-corrected chi connectivity index (χ3v) is 3.83. The molecule has 0 saturated heterocycles. The zero-order valence-corrected chi connectivity index (χ0v) is 15.4. The minimum Gasteiger partial charge on any atom is -0.481 e. The van der Waals surface area contributed by atoms with E-state index >= 15 is 0 Å². The number of ether oxygens (including phenoxy) is 4. The number of rotatable bonds is 8. The highest BCUT2D eigenvalue weighted by Crippen LogP contribution is 2.29. The van der Waals surface area contributed by atoms with Crippen molar-refractivity contribution in [1.29, 1.82) is 0 Å². The first kappa shape index (κ1) is 19.2. The lowest BCUT2D eigenvalue weighted by atomic mass is 10.2. The molecular weight excluding hydrogens is 360 g/mol. The second-order valence-corrected chi connectivity index (χ2v) is 5.97. The summed E-state index contributed by atoms with van der Waals surface area (Å²) < 4.78 is 21.7. The van der Waals surface area contributed by atoms with Crippen LogP contribution in [-0.4, -0.2) is 18.5 Å². The van der Waals surface area contributed by atoms with E-state index < -0.39 is 11.9 Å². The summed E-state index contributed by atoms with van der Waals surface area (Å²) in [4.78, 5) is 23.3. The van der Waals surface area contributed by atoms with Crippen molar-refractivity contribution in [1.82, 2.24) is 0 Å². The number of carbonyl (C=O) groups excluding carboxylic acids is 2. The Hall–Kier alpha value is -3.54. The van der Waals surface area contributed by atoms with Crippen molar-refractivity contribution < 1.29 is 28.5 Å². The van der Waals surface area contributed by atoms with Gasteiger partial charge in [0, 0.05) is 6.92 Å². The monoisotopic (exact) mass is 380 g/mol. The fourth-order valence-corrected chi connectivity index (χ4v) is 2.49. The summed E-state index contributed by atoms with van der Waals surface area (Å²) >= 11 is 0. The van der Waals surface area contributed by atoms with Gasteiger partial charge in [-0.1, -0.05) is 60.7 Å². The van der Waals surface area contributed by atoms with Gasteiger partial charge in [-0.25, -0.2) is 4.79 Å². The molecule has 1 aliphatic heterocycles. The summed E-state index contributed by atoms with van der Waals surface area (Å²) in [6.45, 7) is 1.69. The minimum absolute atomic E-state index is 0.00569. The lowest BCUT2D eigenvalue weighted by Crippen LogP contribution is -2.04. The van der Waals surface area contributed by atoms with Crippen molar-refractivity contribution >= 4 is 11.9 Å². The van der Waals surface area contributed by atoms with Crippen LogP contribution in [0.15, 0.2) is 84.0 Å². The van der Waals surface area contributed by atoms with Gasteiger partial charge in [-0.15, -0.1) is 0 Å². The largest absolute Gasteiger partial charge is 0.481 e. The first-order valence-corrected chi connectivity index (χ1v) is 8.77. The quantitative estimate of drug-likeness (QED) is 0.651. The average molecular weight is 380 g/mol. The van der Waals surface area contributed by atoms with E-state index in [9.17, 15) is 9.59 Å². The Balaban J connectivity index is 1.79. The minimum atomic E-state index is -0.645. The van der Waals surface area contributed by atoms with E-state index in [2.05, 4.69) is 0 Å². The summed E-state index contributed by atoms with van der Waals surface area (Å²) in [5, 5.41) is 0. The van der Waals surface area contributed by atoms with Crippen LogP contribution in [0.4, 0.5) is 0 Å².